The number of fused-ring (bicyclic) bond motifs is 2. The van der Waals surface area contributed by atoms with E-state index in [2.05, 4.69) is 6.08 Å². The fourth-order valence-electron chi connectivity index (χ4n) is 4.30. The number of hydrogen-bond acceptors (Lipinski definition) is 4. The van der Waals surface area contributed by atoms with Gasteiger partial charge in [-0.25, -0.2) is 8.42 Å². The van der Waals surface area contributed by atoms with Gasteiger partial charge in [0.2, 0.25) is 6.79 Å². The van der Waals surface area contributed by atoms with Crippen molar-refractivity contribution < 1.29 is 17.9 Å². The smallest absolute Gasteiger partial charge is 0.264 e. The third-order valence-corrected chi connectivity index (χ3v) is 7.10. The minimum absolute atomic E-state index is 0.0316. The van der Waals surface area contributed by atoms with Crippen LogP contribution in [0.3, 0.4) is 0 Å². The first-order valence-electron chi connectivity index (χ1n) is 7.30. The Morgan fingerprint density at radius 1 is 1.19 bits per heavy atom. The lowest BCUT2D eigenvalue weighted by atomic mass is 9.67. The highest BCUT2D eigenvalue weighted by atomic mass is 32.2. The molecule has 110 valence electrons. The highest BCUT2D eigenvalue weighted by Crippen LogP contribution is 2.56. The van der Waals surface area contributed by atoms with Crippen molar-refractivity contribution in [1.82, 2.24) is 4.31 Å². The third kappa shape index (κ3) is 1.25. The minimum atomic E-state index is -3.48. The highest BCUT2D eigenvalue weighted by Gasteiger charge is 2.56. The molecular formula is C15H15NO4S. The molecular weight excluding hydrogens is 290 g/mol. The predicted octanol–water partition coefficient (Wildman–Crippen LogP) is 2.13. The molecule has 0 spiro atoms. The molecule has 4 aliphatic rings. The Morgan fingerprint density at radius 2 is 2.00 bits per heavy atom. The van der Waals surface area contributed by atoms with Crippen LogP contribution in [0.15, 0.2) is 29.3 Å². The topological polar surface area (TPSA) is 55.8 Å². The van der Waals surface area contributed by atoms with E-state index in [0.29, 0.717) is 16.4 Å². The molecule has 21 heavy (non-hydrogen) atoms. The first-order chi connectivity index (χ1) is 10.1. The summed E-state index contributed by atoms with van der Waals surface area (Å²) in [6, 6.07) is 3.56. The summed E-state index contributed by atoms with van der Waals surface area (Å²) in [5.74, 6) is 1.19. The van der Waals surface area contributed by atoms with Gasteiger partial charge in [-0.05, 0) is 24.5 Å². The second-order valence-electron chi connectivity index (χ2n) is 6.15. The fraction of sp³-hybridized carbons (Fsp3) is 0.467. The first-order valence-corrected chi connectivity index (χ1v) is 8.74. The summed E-state index contributed by atoms with van der Waals surface area (Å²) < 4.78 is 38.2. The zero-order chi connectivity index (χ0) is 14.2. The van der Waals surface area contributed by atoms with Crippen molar-refractivity contribution in [2.75, 3.05) is 6.79 Å². The minimum Gasteiger partial charge on any atom is -0.454 e. The molecule has 0 N–H and O–H groups in total. The van der Waals surface area contributed by atoms with E-state index in [1.165, 1.54) is 0 Å². The first kappa shape index (κ1) is 11.9. The van der Waals surface area contributed by atoms with Crippen LogP contribution in [0, 0.1) is 0 Å². The largest absolute Gasteiger partial charge is 0.454 e. The average Bonchev–Trinajstić information content (AvgIpc) is 3.08. The van der Waals surface area contributed by atoms with Gasteiger partial charge in [-0.15, -0.1) is 0 Å². The predicted molar refractivity (Wildman–Crippen MR) is 74.7 cm³/mol. The highest BCUT2D eigenvalue weighted by molar-refractivity contribution is 7.89. The summed E-state index contributed by atoms with van der Waals surface area (Å²) in [5, 5.41) is 0. The molecule has 1 aliphatic carbocycles. The quantitative estimate of drug-likeness (QED) is 0.737. The van der Waals surface area contributed by atoms with Crippen LogP contribution in [0.4, 0.5) is 0 Å². The molecule has 2 atom stereocenters. The van der Waals surface area contributed by atoms with Crippen LogP contribution in [-0.4, -0.2) is 25.6 Å². The molecule has 5 nitrogen and oxygen atoms in total. The Balaban J connectivity index is 1.85. The molecule has 1 aromatic rings. The van der Waals surface area contributed by atoms with E-state index >= 15 is 0 Å². The maximum absolute atomic E-state index is 12.9. The van der Waals surface area contributed by atoms with Gasteiger partial charge in [-0.2, -0.15) is 0 Å². The van der Waals surface area contributed by atoms with E-state index in [0.717, 1.165) is 31.2 Å². The van der Waals surface area contributed by atoms with Crippen LogP contribution in [0.25, 0.3) is 0 Å². The molecule has 0 aromatic heterocycles. The molecule has 0 radical (unpaired) electrons. The molecule has 5 rings (SSSR count). The summed E-state index contributed by atoms with van der Waals surface area (Å²) in [6.07, 6.45) is 7.97. The average molecular weight is 305 g/mol. The molecule has 0 amide bonds. The molecule has 3 heterocycles. The second-order valence-corrected chi connectivity index (χ2v) is 7.97. The molecule has 1 fully saturated rings. The Kier molecular flexibility index (Phi) is 2.01. The summed E-state index contributed by atoms with van der Waals surface area (Å²) in [5.41, 5.74) is 0.710. The van der Waals surface area contributed by atoms with Gasteiger partial charge in [0.05, 0.1) is 10.9 Å². The number of ether oxygens (including phenoxy) is 2. The Morgan fingerprint density at radius 3 is 2.86 bits per heavy atom. The van der Waals surface area contributed by atoms with Crippen molar-refractivity contribution in [3.05, 3.63) is 30.0 Å². The lowest BCUT2D eigenvalue weighted by Gasteiger charge is -2.46. The molecule has 0 unspecified atom stereocenters. The van der Waals surface area contributed by atoms with Gasteiger partial charge in [0.1, 0.15) is 0 Å². The van der Waals surface area contributed by atoms with Crippen molar-refractivity contribution in [2.45, 2.75) is 42.0 Å². The summed E-state index contributed by atoms with van der Waals surface area (Å²) in [7, 11) is -3.48. The Hall–Kier alpha value is -1.69. The lowest BCUT2D eigenvalue weighted by molar-refractivity contribution is 0.173. The van der Waals surface area contributed by atoms with Gasteiger partial charge in [-0.3, -0.25) is 4.31 Å². The second kappa shape index (κ2) is 3.55. The van der Waals surface area contributed by atoms with Crippen LogP contribution in [0.1, 0.15) is 31.2 Å². The van der Waals surface area contributed by atoms with Crippen molar-refractivity contribution in [3.8, 4) is 11.5 Å². The van der Waals surface area contributed by atoms with Crippen LogP contribution in [0.2, 0.25) is 0 Å². The zero-order valence-corrected chi connectivity index (χ0v) is 12.2. The van der Waals surface area contributed by atoms with E-state index in [4.69, 9.17) is 9.47 Å². The van der Waals surface area contributed by atoms with Gasteiger partial charge >= 0.3 is 0 Å². The Labute approximate surface area is 123 Å². The zero-order valence-electron chi connectivity index (χ0n) is 11.4. The fourth-order valence-corrected chi connectivity index (χ4v) is 6.16. The summed E-state index contributed by atoms with van der Waals surface area (Å²) in [6.45, 7) is 0.161. The lowest BCUT2D eigenvalue weighted by Crippen LogP contribution is -2.51. The summed E-state index contributed by atoms with van der Waals surface area (Å²) >= 11 is 0. The number of nitrogens with zero attached hydrogens (tertiary/aromatic N) is 1. The maximum Gasteiger partial charge on any atom is 0.264 e. The van der Waals surface area contributed by atoms with Crippen LogP contribution in [-0.2, 0) is 15.4 Å². The van der Waals surface area contributed by atoms with Gasteiger partial charge in [0.15, 0.2) is 11.5 Å². The molecule has 6 heteroatoms. The van der Waals surface area contributed by atoms with E-state index in [9.17, 15) is 8.42 Å². The number of hydrogen-bond donors (Lipinski definition) is 0. The molecule has 1 aromatic carbocycles. The van der Waals surface area contributed by atoms with Crippen LogP contribution in [0.5, 0.6) is 11.5 Å². The number of sulfonamides is 1. The third-order valence-electron chi connectivity index (χ3n) is 5.27. The van der Waals surface area contributed by atoms with Crippen LogP contribution >= 0.6 is 0 Å². The molecule has 2 bridgehead atoms. The standard InChI is InChI=1S/C15H15NO4S/c17-21(18)13-8-12-11(19-9-20-12)7-10(13)15-4-2-1-3-14(15)16(21)6-5-15/h5-8,14H,1-4,9H2/t14-,15+/m1/s1. The van der Waals surface area contributed by atoms with E-state index in [1.54, 1.807) is 16.6 Å². The van der Waals surface area contributed by atoms with Crippen LogP contribution < -0.4 is 9.47 Å². The number of benzene rings is 1. The summed E-state index contributed by atoms with van der Waals surface area (Å²) in [4.78, 5) is 0.384. The van der Waals surface area contributed by atoms with Crippen molar-refractivity contribution >= 4 is 10.0 Å². The SMILES string of the molecule is O=S1(=O)c2cc3c(cc2[C@]24C=CN1[C@@H]2CCCC4)OCO3. The van der Waals surface area contributed by atoms with Gasteiger partial charge < -0.3 is 9.47 Å². The Bertz CT molecular complexity index is 785. The van der Waals surface area contributed by atoms with Crippen molar-refractivity contribution in [2.24, 2.45) is 0 Å². The van der Waals surface area contributed by atoms with Crippen molar-refractivity contribution in [1.29, 1.82) is 0 Å². The van der Waals surface area contributed by atoms with Gasteiger partial charge in [0.25, 0.3) is 10.0 Å². The van der Waals surface area contributed by atoms with Crippen molar-refractivity contribution in [3.63, 3.8) is 0 Å². The molecule has 0 saturated heterocycles. The number of rotatable bonds is 0. The van der Waals surface area contributed by atoms with E-state index in [1.807, 2.05) is 6.07 Å². The normalized spacial score (nSPS) is 33.7. The monoisotopic (exact) mass is 305 g/mol. The maximum atomic E-state index is 12.9. The van der Waals surface area contributed by atoms with Gasteiger partial charge in [-0.1, -0.05) is 18.9 Å². The van der Waals surface area contributed by atoms with E-state index < -0.39 is 10.0 Å². The van der Waals surface area contributed by atoms with Gasteiger partial charge in [0, 0.05) is 17.7 Å². The van der Waals surface area contributed by atoms with E-state index in [-0.39, 0.29) is 18.2 Å². The molecule has 3 aliphatic heterocycles. The molecule has 1 saturated carbocycles.